The van der Waals surface area contributed by atoms with Crippen LogP contribution in [0.25, 0.3) is 0 Å². The quantitative estimate of drug-likeness (QED) is 0.582. The molecule has 0 spiro atoms. The molecule has 2 rings (SSSR count). The van der Waals surface area contributed by atoms with Gasteiger partial charge in [0.1, 0.15) is 11.5 Å². The first-order valence-electron chi connectivity index (χ1n) is 6.74. The third-order valence-corrected chi connectivity index (χ3v) is 5.14. The predicted octanol–water partition coefficient (Wildman–Crippen LogP) is 6.07. The lowest BCUT2D eigenvalue weighted by atomic mass is 10.3. The lowest BCUT2D eigenvalue weighted by molar-refractivity contribution is -0.133. The number of rotatable bonds is 7. The van der Waals surface area contributed by atoms with Gasteiger partial charge < -0.3 is 9.84 Å². The van der Waals surface area contributed by atoms with E-state index in [1.54, 1.807) is 36.0 Å². The highest BCUT2D eigenvalue weighted by Gasteiger charge is 2.11. The number of aliphatic carboxylic acids is 1. The Kier molecular flexibility index (Phi) is 6.96. The Morgan fingerprint density at radius 3 is 2.57 bits per heavy atom. The lowest BCUT2D eigenvalue weighted by Gasteiger charge is -2.12. The van der Waals surface area contributed by atoms with Gasteiger partial charge in [-0.05, 0) is 36.1 Å². The number of halogens is 2. The largest absolute Gasteiger partial charge is 0.481 e. The molecule has 2 aromatic carbocycles. The van der Waals surface area contributed by atoms with E-state index in [9.17, 15) is 4.79 Å². The number of carboxylic acid groups (broad SMARTS) is 1. The molecule has 0 fully saturated rings. The second-order valence-corrected chi connectivity index (χ2v) is 7.60. The Bertz CT molecular complexity index is 708. The highest BCUT2D eigenvalue weighted by atomic mass is 35.5. The Balaban J connectivity index is 2.24. The predicted molar refractivity (Wildman–Crippen MR) is 97.7 cm³/mol. The van der Waals surface area contributed by atoms with Gasteiger partial charge in [0, 0.05) is 16.0 Å². The lowest BCUT2D eigenvalue weighted by Crippen LogP contribution is -1.98. The molecule has 0 unspecified atom stereocenters. The van der Waals surface area contributed by atoms with E-state index in [0.29, 0.717) is 26.4 Å². The third-order valence-electron chi connectivity index (χ3n) is 2.69. The number of benzene rings is 2. The molecule has 0 atom stereocenters. The molecule has 1 N–H and O–H groups in total. The van der Waals surface area contributed by atoms with Crippen molar-refractivity contribution < 1.29 is 14.6 Å². The van der Waals surface area contributed by atoms with Crippen LogP contribution in [0, 0.1) is 0 Å². The minimum Gasteiger partial charge on any atom is -0.481 e. The number of carbonyl (C=O) groups is 1. The second-order valence-electron chi connectivity index (χ2n) is 4.40. The van der Waals surface area contributed by atoms with E-state index < -0.39 is 5.97 Å². The van der Waals surface area contributed by atoms with Gasteiger partial charge in [0.25, 0.3) is 0 Å². The zero-order valence-electron chi connectivity index (χ0n) is 12.2. The van der Waals surface area contributed by atoms with Crippen LogP contribution in [0.2, 0.25) is 10.0 Å². The van der Waals surface area contributed by atoms with Gasteiger partial charge in [0.2, 0.25) is 0 Å². The van der Waals surface area contributed by atoms with Crippen LogP contribution in [0.15, 0.2) is 46.2 Å². The van der Waals surface area contributed by atoms with E-state index in [0.717, 1.165) is 10.6 Å². The van der Waals surface area contributed by atoms with Gasteiger partial charge in [-0.25, -0.2) is 0 Å². The summed E-state index contributed by atoms with van der Waals surface area (Å²) in [6.07, 6.45) is 0. The average Bonchev–Trinajstić information content (AvgIpc) is 2.49. The topological polar surface area (TPSA) is 46.5 Å². The molecule has 0 aromatic heterocycles. The van der Waals surface area contributed by atoms with E-state index in [2.05, 4.69) is 6.92 Å². The second kappa shape index (κ2) is 8.73. The van der Waals surface area contributed by atoms with Gasteiger partial charge in [-0.15, -0.1) is 23.5 Å². The summed E-state index contributed by atoms with van der Waals surface area (Å²) in [7, 11) is 0. The molecule has 0 radical (unpaired) electrons. The van der Waals surface area contributed by atoms with Gasteiger partial charge in [-0.1, -0.05) is 30.1 Å². The fourth-order valence-corrected chi connectivity index (χ4v) is 3.59. The molecule has 0 bridgehead atoms. The van der Waals surface area contributed by atoms with E-state index in [-0.39, 0.29) is 5.75 Å². The summed E-state index contributed by atoms with van der Waals surface area (Å²) < 4.78 is 5.85. The van der Waals surface area contributed by atoms with Gasteiger partial charge >= 0.3 is 5.97 Å². The van der Waals surface area contributed by atoms with Gasteiger partial charge in [-0.2, -0.15) is 0 Å². The molecule has 0 aliphatic rings. The third kappa shape index (κ3) is 5.53. The Hall–Kier alpha value is -1.01. The maximum atomic E-state index is 10.8. The highest BCUT2D eigenvalue weighted by Crippen LogP contribution is 2.38. The monoisotopic (exact) mass is 388 g/mol. The Morgan fingerprint density at radius 1 is 1.13 bits per heavy atom. The van der Waals surface area contributed by atoms with Crippen LogP contribution < -0.4 is 4.74 Å². The maximum Gasteiger partial charge on any atom is 0.313 e. The first kappa shape index (κ1) is 18.3. The molecule has 0 amide bonds. The summed E-state index contributed by atoms with van der Waals surface area (Å²) in [6, 6.07) is 10.7. The van der Waals surface area contributed by atoms with E-state index >= 15 is 0 Å². The molecule has 3 nitrogen and oxygen atoms in total. The molecule has 0 saturated heterocycles. The maximum absolute atomic E-state index is 10.8. The van der Waals surface area contributed by atoms with Crippen molar-refractivity contribution >= 4 is 52.7 Å². The molecule has 0 aliphatic carbocycles. The highest BCUT2D eigenvalue weighted by molar-refractivity contribution is 8.00. The summed E-state index contributed by atoms with van der Waals surface area (Å²) in [5.41, 5.74) is 0. The molecule has 2 aromatic rings. The fraction of sp³-hybridized carbons (Fsp3) is 0.188. The van der Waals surface area contributed by atoms with Crippen molar-refractivity contribution in [3.8, 4) is 11.5 Å². The zero-order valence-corrected chi connectivity index (χ0v) is 15.4. The SMILES string of the molecule is CCSc1ccc(Oc2cc(Cl)ccc2SCC(=O)O)c(Cl)c1. The van der Waals surface area contributed by atoms with Crippen molar-refractivity contribution in [2.24, 2.45) is 0 Å². The Morgan fingerprint density at radius 2 is 1.91 bits per heavy atom. The Labute approximate surface area is 153 Å². The normalized spacial score (nSPS) is 10.6. The van der Waals surface area contributed by atoms with Crippen molar-refractivity contribution in [1.82, 2.24) is 0 Å². The van der Waals surface area contributed by atoms with Crippen LogP contribution in [0.5, 0.6) is 11.5 Å². The first-order chi connectivity index (χ1) is 11.0. The molecule has 0 saturated carbocycles. The first-order valence-corrected chi connectivity index (χ1v) is 9.46. The van der Waals surface area contributed by atoms with Crippen molar-refractivity contribution in [2.75, 3.05) is 11.5 Å². The van der Waals surface area contributed by atoms with Crippen LogP contribution in [-0.4, -0.2) is 22.6 Å². The molecule has 7 heteroatoms. The van der Waals surface area contributed by atoms with Crippen LogP contribution in [0.3, 0.4) is 0 Å². The number of thioether (sulfide) groups is 2. The minimum absolute atomic E-state index is 0.0577. The summed E-state index contributed by atoms with van der Waals surface area (Å²) in [5.74, 6) is 1.00. The molecular formula is C16H14Cl2O3S2. The number of hydrogen-bond acceptors (Lipinski definition) is 4. The van der Waals surface area contributed by atoms with E-state index in [1.165, 1.54) is 11.8 Å². The van der Waals surface area contributed by atoms with Gasteiger partial charge in [-0.3, -0.25) is 4.79 Å². The summed E-state index contributed by atoms with van der Waals surface area (Å²) in [6.45, 7) is 2.07. The van der Waals surface area contributed by atoms with Crippen molar-refractivity contribution in [3.05, 3.63) is 46.4 Å². The molecule has 23 heavy (non-hydrogen) atoms. The summed E-state index contributed by atoms with van der Waals surface area (Å²) >= 11 is 15.1. The number of ether oxygens (including phenoxy) is 1. The minimum atomic E-state index is -0.894. The molecule has 122 valence electrons. The number of carboxylic acids is 1. The van der Waals surface area contributed by atoms with Crippen LogP contribution in [0.4, 0.5) is 0 Å². The molecule has 0 heterocycles. The van der Waals surface area contributed by atoms with E-state index in [4.69, 9.17) is 33.0 Å². The zero-order chi connectivity index (χ0) is 16.8. The van der Waals surface area contributed by atoms with Gasteiger partial charge in [0.05, 0.1) is 15.7 Å². The fourth-order valence-electron chi connectivity index (χ4n) is 1.76. The van der Waals surface area contributed by atoms with Crippen molar-refractivity contribution in [1.29, 1.82) is 0 Å². The number of hydrogen-bond donors (Lipinski definition) is 1. The summed E-state index contributed by atoms with van der Waals surface area (Å²) in [5, 5.41) is 9.83. The smallest absolute Gasteiger partial charge is 0.313 e. The van der Waals surface area contributed by atoms with Crippen LogP contribution in [-0.2, 0) is 4.79 Å². The molecular weight excluding hydrogens is 375 g/mol. The van der Waals surface area contributed by atoms with E-state index in [1.807, 2.05) is 12.1 Å². The average molecular weight is 389 g/mol. The molecule has 0 aliphatic heterocycles. The van der Waals surface area contributed by atoms with Crippen molar-refractivity contribution in [3.63, 3.8) is 0 Å². The summed E-state index contributed by atoms with van der Waals surface area (Å²) in [4.78, 5) is 12.5. The van der Waals surface area contributed by atoms with Gasteiger partial charge in [0.15, 0.2) is 0 Å². The van der Waals surface area contributed by atoms with Crippen molar-refractivity contribution in [2.45, 2.75) is 16.7 Å². The standard InChI is InChI=1S/C16H14Cl2O3S2/c1-2-22-11-4-5-13(12(18)8-11)21-14-7-10(17)3-6-15(14)23-9-16(19)20/h3-8H,2,9H2,1H3,(H,19,20). The van der Waals surface area contributed by atoms with Crippen LogP contribution >= 0.6 is 46.7 Å². The van der Waals surface area contributed by atoms with Crippen LogP contribution in [0.1, 0.15) is 6.92 Å².